The van der Waals surface area contributed by atoms with Crippen LogP contribution in [0.1, 0.15) is 18.1 Å². The van der Waals surface area contributed by atoms with Crippen LogP contribution in [0.25, 0.3) is 0 Å². The van der Waals surface area contributed by atoms with Gasteiger partial charge >= 0.3 is 0 Å². The highest BCUT2D eigenvalue weighted by Gasteiger charge is 2.14. The molecule has 0 atom stereocenters. The maximum atomic E-state index is 14.2. The zero-order chi connectivity index (χ0) is 14.4. The van der Waals surface area contributed by atoms with Gasteiger partial charge in [-0.3, -0.25) is 4.98 Å². The summed E-state index contributed by atoms with van der Waals surface area (Å²) in [5.74, 6) is -0.188. The van der Waals surface area contributed by atoms with E-state index in [9.17, 15) is 4.39 Å². The predicted octanol–water partition coefficient (Wildman–Crippen LogP) is 2.75. The van der Waals surface area contributed by atoms with Crippen molar-refractivity contribution in [1.29, 1.82) is 0 Å². The molecule has 0 radical (unpaired) electrons. The lowest BCUT2D eigenvalue weighted by atomic mass is 10.1. The van der Waals surface area contributed by atoms with E-state index in [2.05, 4.69) is 4.98 Å². The van der Waals surface area contributed by atoms with Crippen molar-refractivity contribution in [3.63, 3.8) is 0 Å². The van der Waals surface area contributed by atoms with Gasteiger partial charge in [-0.2, -0.15) is 0 Å². The Bertz CT molecular complexity index is 543. The summed E-state index contributed by atoms with van der Waals surface area (Å²) in [7, 11) is 0. The van der Waals surface area contributed by atoms with Crippen LogP contribution in [0.3, 0.4) is 0 Å². The van der Waals surface area contributed by atoms with Crippen molar-refractivity contribution in [3.8, 4) is 0 Å². The van der Waals surface area contributed by atoms with Gasteiger partial charge in [-0.05, 0) is 49.2 Å². The molecule has 0 aliphatic carbocycles. The molecule has 0 bridgehead atoms. The first kappa shape index (κ1) is 14.5. The van der Waals surface area contributed by atoms with Crippen LogP contribution in [0.5, 0.6) is 0 Å². The van der Waals surface area contributed by atoms with Crippen LogP contribution >= 0.6 is 0 Å². The van der Waals surface area contributed by atoms with Gasteiger partial charge in [-0.1, -0.05) is 12.1 Å². The number of hydrogen-bond acceptors (Lipinski definition) is 3. The number of rotatable bonds is 6. The molecule has 4 heteroatoms. The van der Waals surface area contributed by atoms with Gasteiger partial charge in [0, 0.05) is 25.5 Å². The largest absolute Gasteiger partial charge is 0.365 e. The zero-order valence-electron chi connectivity index (χ0n) is 11.7. The van der Waals surface area contributed by atoms with E-state index in [0.29, 0.717) is 25.2 Å². The molecule has 1 aromatic heterocycles. The van der Waals surface area contributed by atoms with Crippen molar-refractivity contribution in [2.45, 2.75) is 19.9 Å². The smallest absolute Gasteiger partial charge is 0.146 e. The molecule has 0 unspecified atom stereocenters. The SMILES string of the molecule is CCN(Cc1ccncc1)c1c(F)cccc1CCN. The monoisotopic (exact) mass is 273 g/mol. The van der Waals surface area contributed by atoms with Crippen LogP contribution in [0, 0.1) is 5.82 Å². The van der Waals surface area contributed by atoms with Gasteiger partial charge in [-0.15, -0.1) is 0 Å². The lowest BCUT2D eigenvalue weighted by molar-refractivity contribution is 0.614. The van der Waals surface area contributed by atoms with Crippen LogP contribution in [-0.4, -0.2) is 18.1 Å². The quantitative estimate of drug-likeness (QED) is 0.880. The van der Waals surface area contributed by atoms with E-state index < -0.39 is 0 Å². The molecule has 20 heavy (non-hydrogen) atoms. The van der Waals surface area contributed by atoms with Crippen molar-refractivity contribution in [1.82, 2.24) is 4.98 Å². The van der Waals surface area contributed by atoms with E-state index in [1.165, 1.54) is 6.07 Å². The molecule has 0 saturated heterocycles. The highest BCUT2D eigenvalue weighted by Crippen LogP contribution is 2.26. The number of aromatic nitrogens is 1. The Labute approximate surface area is 119 Å². The summed E-state index contributed by atoms with van der Waals surface area (Å²) in [6.45, 7) is 3.95. The molecule has 1 heterocycles. The maximum absolute atomic E-state index is 14.2. The first-order valence-electron chi connectivity index (χ1n) is 6.87. The third-order valence-corrected chi connectivity index (χ3v) is 3.30. The van der Waals surface area contributed by atoms with Gasteiger partial charge in [0.15, 0.2) is 0 Å². The highest BCUT2D eigenvalue weighted by atomic mass is 19.1. The summed E-state index contributed by atoms with van der Waals surface area (Å²) in [5.41, 5.74) is 8.36. The van der Waals surface area contributed by atoms with Crippen LogP contribution in [0.15, 0.2) is 42.7 Å². The van der Waals surface area contributed by atoms with E-state index in [1.54, 1.807) is 18.5 Å². The van der Waals surface area contributed by atoms with Crippen LogP contribution in [0.2, 0.25) is 0 Å². The molecule has 3 nitrogen and oxygen atoms in total. The van der Waals surface area contributed by atoms with E-state index in [4.69, 9.17) is 5.73 Å². The van der Waals surface area contributed by atoms with E-state index >= 15 is 0 Å². The minimum atomic E-state index is -0.188. The fourth-order valence-corrected chi connectivity index (χ4v) is 2.33. The van der Waals surface area contributed by atoms with Crippen molar-refractivity contribution >= 4 is 5.69 Å². The normalized spacial score (nSPS) is 10.6. The number of halogens is 1. The number of nitrogens with two attached hydrogens (primary N) is 1. The summed E-state index contributed by atoms with van der Waals surface area (Å²) in [6, 6.07) is 9.09. The second kappa shape index (κ2) is 7.01. The van der Waals surface area contributed by atoms with Gasteiger partial charge in [0.05, 0.1) is 5.69 Å². The lowest BCUT2D eigenvalue weighted by Crippen LogP contribution is -2.25. The predicted molar refractivity (Wildman–Crippen MR) is 80.1 cm³/mol. The Balaban J connectivity index is 2.31. The molecule has 0 fully saturated rings. The standard InChI is InChI=1S/C16H20FN3/c1-2-20(12-13-7-10-19-11-8-13)16-14(6-9-18)4-3-5-15(16)17/h3-5,7-8,10-11H,2,6,9,12,18H2,1H3. The Hall–Kier alpha value is -1.94. The average molecular weight is 273 g/mol. The lowest BCUT2D eigenvalue weighted by Gasteiger charge is -2.26. The molecule has 0 saturated carbocycles. The third kappa shape index (κ3) is 3.33. The molecule has 0 aliphatic heterocycles. The molecule has 2 aromatic rings. The van der Waals surface area contributed by atoms with Gasteiger partial charge in [0.25, 0.3) is 0 Å². The third-order valence-electron chi connectivity index (χ3n) is 3.30. The van der Waals surface area contributed by atoms with Crippen molar-refractivity contribution < 1.29 is 4.39 Å². The number of benzene rings is 1. The molecule has 0 spiro atoms. The second-order valence-electron chi connectivity index (χ2n) is 4.66. The number of anilines is 1. The molecule has 1 aromatic carbocycles. The summed E-state index contributed by atoms with van der Waals surface area (Å²) >= 11 is 0. The number of hydrogen-bond donors (Lipinski definition) is 1. The van der Waals surface area contributed by atoms with Crippen molar-refractivity contribution in [2.24, 2.45) is 5.73 Å². The zero-order valence-corrected chi connectivity index (χ0v) is 11.7. The van der Waals surface area contributed by atoms with Gasteiger partial charge in [0.1, 0.15) is 5.82 Å². The molecule has 106 valence electrons. The molecule has 0 amide bonds. The fraction of sp³-hybridized carbons (Fsp3) is 0.312. The van der Waals surface area contributed by atoms with Crippen molar-refractivity contribution in [3.05, 3.63) is 59.7 Å². The number of nitrogens with zero attached hydrogens (tertiary/aromatic N) is 2. The number of para-hydroxylation sites is 1. The summed E-state index contributed by atoms with van der Waals surface area (Å²) < 4.78 is 14.2. The Kier molecular flexibility index (Phi) is 5.07. The average Bonchev–Trinajstić information content (AvgIpc) is 2.47. The molecule has 0 aliphatic rings. The Morgan fingerprint density at radius 2 is 1.95 bits per heavy atom. The molecular weight excluding hydrogens is 253 g/mol. The topological polar surface area (TPSA) is 42.2 Å². The minimum absolute atomic E-state index is 0.188. The maximum Gasteiger partial charge on any atom is 0.146 e. The molecular formula is C16H20FN3. The fourth-order valence-electron chi connectivity index (χ4n) is 2.33. The van der Waals surface area contributed by atoms with Crippen LogP contribution < -0.4 is 10.6 Å². The van der Waals surface area contributed by atoms with Gasteiger partial charge in [0.2, 0.25) is 0 Å². The van der Waals surface area contributed by atoms with Gasteiger partial charge < -0.3 is 10.6 Å². The summed E-state index contributed by atoms with van der Waals surface area (Å²) in [6.07, 6.45) is 4.19. The van der Waals surface area contributed by atoms with E-state index in [1.807, 2.05) is 30.0 Å². The Morgan fingerprint density at radius 3 is 2.60 bits per heavy atom. The van der Waals surface area contributed by atoms with E-state index in [-0.39, 0.29) is 5.82 Å². The van der Waals surface area contributed by atoms with Crippen molar-refractivity contribution in [2.75, 3.05) is 18.0 Å². The highest BCUT2D eigenvalue weighted by molar-refractivity contribution is 5.55. The first-order valence-corrected chi connectivity index (χ1v) is 6.87. The van der Waals surface area contributed by atoms with Gasteiger partial charge in [-0.25, -0.2) is 4.39 Å². The molecule has 2 rings (SSSR count). The summed E-state index contributed by atoms with van der Waals surface area (Å²) in [4.78, 5) is 6.04. The first-order chi connectivity index (χ1) is 9.76. The van der Waals surface area contributed by atoms with E-state index in [0.717, 1.165) is 17.7 Å². The Morgan fingerprint density at radius 1 is 1.20 bits per heavy atom. The molecule has 2 N–H and O–H groups in total. The second-order valence-corrected chi connectivity index (χ2v) is 4.66. The van der Waals surface area contributed by atoms with Crippen LogP contribution in [0.4, 0.5) is 10.1 Å². The minimum Gasteiger partial charge on any atom is -0.365 e. The summed E-state index contributed by atoms with van der Waals surface area (Å²) in [5, 5.41) is 0. The number of pyridine rings is 1. The van der Waals surface area contributed by atoms with Crippen LogP contribution in [-0.2, 0) is 13.0 Å².